The molecule has 1 rings (SSSR count). The second-order valence-corrected chi connectivity index (χ2v) is 2.60. The molecule has 1 aromatic rings. The number of hydrogen-bond acceptors (Lipinski definition) is 3. The fourth-order valence-electron chi connectivity index (χ4n) is 0.782. The van der Waals surface area contributed by atoms with E-state index in [1.165, 1.54) is 7.11 Å². The number of aromatic nitrogens is 2. The monoisotopic (exact) mass is 205 g/mol. The van der Waals surface area contributed by atoms with Crippen molar-refractivity contribution >= 4 is 0 Å². The molecule has 1 atom stereocenters. The molecule has 0 bridgehead atoms. The van der Waals surface area contributed by atoms with Crippen molar-refractivity contribution in [2.24, 2.45) is 0 Å². The maximum atomic E-state index is 12.2. The second-order valence-electron chi connectivity index (χ2n) is 2.60. The minimum absolute atomic E-state index is 0.00132. The van der Waals surface area contributed by atoms with E-state index in [1.807, 2.05) is 6.07 Å². The molecule has 0 saturated carbocycles. The second kappa shape index (κ2) is 3.91. The highest BCUT2D eigenvalue weighted by molar-refractivity contribution is 5.05. The van der Waals surface area contributed by atoms with Crippen LogP contribution in [0.3, 0.4) is 0 Å². The lowest BCUT2D eigenvalue weighted by molar-refractivity contribution is -0.141. The minimum atomic E-state index is -4.49. The lowest BCUT2D eigenvalue weighted by atomic mass is 10.3. The maximum Gasteiger partial charge on any atom is 0.434 e. The van der Waals surface area contributed by atoms with Gasteiger partial charge >= 0.3 is 6.18 Å². The van der Waals surface area contributed by atoms with Gasteiger partial charge < -0.3 is 4.74 Å². The maximum absolute atomic E-state index is 12.2. The van der Waals surface area contributed by atoms with E-state index in [4.69, 9.17) is 4.74 Å². The highest BCUT2D eigenvalue weighted by Crippen LogP contribution is 2.27. The molecular formula is C8H8F3N2O. The molecule has 0 aliphatic rings. The Bertz CT molecular complexity index is 314. The standard InChI is InChI=1S/C8H8F3N2O/c1-5(14-2)7-12-4-3-6(13-7)8(9,10)11/h4-5H,1-2H3. The molecule has 0 aliphatic carbocycles. The van der Waals surface area contributed by atoms with Crippen molar-refractivity contribution in [2.45, 2.75) is 19.2 Å². The molecule has 0 saturated heterocycles. The first-order valence-electron chi connectivity index (χ1n) is 3.79. The zero-order valence-electron chi connectivity index (χ0n) is 7.59. The van der Waals surface area contributed by atoms with Gasteiger partial charge in [-0.25, -0.2) is 9.97 Å². The summed E-state index contributed by atoms with van der Waals surface area (Å²) >= 11 is 0. The van der Waals surface area contributed by atoms with Crippen LogP contribution in [0.15, 0.2) is 6.20 Å². The van der Waals surface area contributed by atoms with Crippen molar-refractivity contribution in [3.63, 3.8) is 0 Å². The number of halogens is 3. The predicted octanol–water partition coefficient (Wildman–Crippen LogP) is 2.00. The van der Waals surface area contributed by atoms with E-state index in [1.54, 1.807) is 6.92 Å². The Balaban J connectivity index is 3.01. The smallest absolute Gasteiger partial charge is 0.374 e. The molecule has 1 aromatic heterocycles. The lowest BCUT2D eigenvalue weighted by Gasteiger charge is -2.10. The van der Waals surface area contributed by atoms with E-state index < -0.39 is 18.0 Å². The Morgan fingerprint density at radius 3 is 2.64 bits per heavy atom. The first-order chi connectivity index (χ1) is 6.45. The Hall–Kier alpha value is -1.17. The third-order valence-corrected chi connectivity index (χ3v) is 1.61. The number of alkyl halides is 3. The molecule has 0 spiro atoms. The summed E-state index contributed by atoms with van der Waals surface area (Å²) in [6, 6.07) is 1.92. The van der Waals surface area contributed by atoms with E-state index in [0.29, 0.717) is 0 Å². The number of nitrogens with zero attached hydrogens (tertiary/aromatic N) is 2. The summed E-state index contributed by atoms with van der Waals surface area (Å²) in [6.07, 6.45) is -4.11. The van der Waals surface area contributed by atoms with Crippen molar-refractivity contribution in [1.82, 2.24) is 9.97 Å². The van der Waals surface area contributed by atoms with Crippen LogP contribution in [-0.2, 0) is 10.9 Å². The van der Waals surface area contributed by atoms with Crippen LogP contribution in [-0.4, -0.2) is 17.1 Å². The molecule has 3 nitrogen and oxygen atoms in total. The fraction of sp³-hybridized carbons (Fsp3) is 0.500. The van der Waals surface area contributed by atoms with Crippen LogP contribution in [0.4, 0.5) is 13.2 Å². The first kappa shape index (κ1) is 10.9. The largest absolute Gasteiger partial charge is 0.434 e. The highest BCUT2D eigenvalue weighted by Gasteiger charge is 2.33. The third-order valence-electron chi connectivity index (χ3n) is 1.61. The Morgan fingerprint density at radius 2 is 2.14 bits per heavy atom. The van der Waals surface area contributed by atoms with Gasteiger partial charge in [-0.2, -0.15) is 13.2 Å². The lowest BCUT2D eigenvalue weighted by Crippen LogP contribution is -2.12. The van der Waals surface area contributed by atoms with Crippen molar-refractivity contribution in [2.75, 3.05) is 7.11 Å². The van der Waals surface area contributed by atoms with Crippen molar-refractivity contribution in [1.29, 1.82) is 0 Å². The zero-order valence-corrected chi connectivity index (χ0v) is 7.59. The predicted molar refractivity (Wildman–Crippen MR) is 41.3 cm³/mol. The van der Waals surface area contributed by atoms with Crippen molar-refractivity contribution in [3.05, 3.63) is 23.8 Å². The van der Waals surface area contributed by atoms with E-state index >= 15 is 0 Å². The number of methoxy groups -OCH3 is 1. The molecule has 0 aliphatic heterocycles. The molecule has 14 heavy (non-hydrogen) atoms. The molecule has 0 amide bonds. The van der Waals surface area contributed by atoms with Gasteiger partial charge in [-0.3, -0.25) is 0 Å². The molecular weight excluding hydrogens is 197 g/mol. The van der Waals surface area contributed by atoms with Crippen molar-refractivity contribution < 1.29 is 17.9 Å². The van der Waals surface area contributed by atoms with Crippen LogP contribution in [0, 0.1) is 6.07 Å². The van der Waals surface area contributed by atoms with E-state index in [-0.39, 0.29) is 5.82 Å². The third kappa shape index (κ3) is 2.41. The molecule has 0 fully saturated rings. The van der Waals surface area contributed by atoms with Gasteiger partial charge in [0.2, 0.25) is 0 Å². The number of ether oxygens (including phenoxy) is 1. The SMILES string of the molecule is COC(C)c1nc[c]c(C(F)(F)F)n1. The van der Waals surface area contributed by atoms with Crippen LogP contribution < -0.4 is 0 Å². The quantitative estimate of drug-likeness (QED) is 0.740. The normalized spacial score (nSPS) is 14.1. The molecule has 1 radical (unpaired) electrons. The first-order valence-corrected chi connectivity index (χ1v) is 3.79. The fourth-order valence-corrected chi connectivity index (χ4v) is 0.782. The number of hydrogen-bond donors (Lipinski definition) is 0. The molecule has 1 unspecified atom stereocenters. The van der Waals surface area contributed by atoms with Crippen LogP contribution >= 0.6 is 0 Å². The summed E-state index contributed by atoms with van der Waals surface area (Å²) in [6.45, 7) is 1.56. The Kier molecular flexibility index (Phi) is 3.05. The van der Waals surface area contributed by atoms with Gasteiger partial charge in [-0.15, -0.1) is 0 Å². The average molecular weight is 205 g/mol. The van der Waals surface area contributed by atoms with E-state index in [9.17, 15) is 13.2 Å². The topological polar surface area (TPSA) is 35.0 Å². The highest BCUT2D eigenvalue weighted by atomic mass is 19.4. The molecule has 0 N–H and O–H groups in total. The van der Waals surface area contributed by atoms with Gasteiger partial charge in [0.15, 0.2) is 11.5 Å². The summed E-state index contributed by atoms with van der Waals surface area (Å²) in [5.74, 6) is -0.00132. The van der Waals surface area contributed by atoms with Gasteiger partial charge in [0.05, 0.1) is 0 Å². The molecule has 77 valence electrons. The zero-order chi connectivity index (χ0) is 10.8. The van der Waals surface area contributed by atoms with Gasteiger partial charge in [0.25, 0.3) is 0 Å². The van der Waals surface area contributed by atoms with Gasteiger partial charge in [0.1, 0.15) is 6.10 Å². The number of rotatable bonds is 2. The van der Waals surface area contributed by atoms with Crippen LogP contribution in [0.2, 0.25) is 0 Å². The van der Waals surface area contributed by atoms with E-state index in [0.717, 1.165) is 6.20 Å². The summed E-state index contributed by atoms with van der Waals surface area (Å²) in [4.78, 5) is 6.93. The van der Waals surface area contributed by atoms with Crippen LogP contribution in [0.25, 0.3) is 0 Å². The summed E-state index contributed by atoms with van der Waals surface area (Å²) in [7, 11) is 1.37. The van der Waals surface area contributed by atoms with E-state index in [2.05, 4.69) is 9.97 Å². The summed E-state index contributed by atoms with van der Waals surface area (Å²) in [5, 5.41) is 0. The van der Waals surface area contributed by atoms with Gasteiger partial charge in [-0.05, 0) is 6.92 Å². The Morgan fingerprint density at radius 1 is 1.50 bits per heavy atom. The van der Waals surface area contributed by atoms with Crippen LogP contribution in [0.5, 0.6) is 0 Å². The van der Waals surface area contributed by atoms with Crippen LogP contribution in [0.1, 0.15) is 24.5 Å². The summed E-state index contributed by atoms with van der Waals surface area (Å²) < 4.78 is 41.3. The van der Waals surface area contributed by atoms with Gasteiger partial charge in [-0.1, -0.05) is 0 Å². The van der Waals surface area contributed by atoms with Gasteiger partial charge in [0, 0.05) is 19.4 Å². The Labute approximate surface area is 78.9 Å². The minimum Gasteiger partial charge on any atom is -0.374 e. The molecule has 1 heterocycles. The van der Waals surface area contributed by atoms with Crippen molar-refractivity contribution in [3.8, 4) is 0 Å². The average Bonchev–Trinajstić information content (AvgIpc) is 2.15. The summed E-state index contributed by atoms with van der Waals surface area (Å²) in [5.41, 5.74) is -1.08. The molecule has 0 aromatic carbocycles. The molecule has 6 heteroatoms.